The summed E-state index contributed by atoms with van der Waals surface area (Å²) in [7, 11) is 0. The smallest absolute Gasteiger partial charge is 0.213 e. The maximum absolute atomic E-state index is 12.5. The molecule has 0 atom stereocenters. The van der Waals surface area contributed by atoms with Crippen molar-refractivity contribution < 1.29 is 5.11 Å². The summed E-state index contributed by atoms with van der Waals surface area (Å²) in [6, 6.07) is 9.44. The largest absolute Gasteiger partial charge is 0.396 e. The topological polar surface area (TPSA) is 65.1 Å². The van der Waals surface area contributed by atoms with E-state index in [9.17, 15) is 4.79 Å². The highest BCUT2D eigenvalue weighted by Gasteiger charge is 2.09. The Labute approximate surface area is 142 Å². The van der Waals surface area contributed by atoms with E-state index >= 15 is 0 Å². The van der Waals surface area contributed by atoms with Crippen molar-refractivity contribution in [2.45, 2.75) is 19.4 Å². The van der Waals surface area contributed by atoms with Crippen LogP contribution in [0.4, 0.5) is 5.69 Å². The van der Waals surface area contributed by atoms with Crippen molar-refractivity contribution in [3.8, 4) is 0 Å². The number of aromatic amines is 1. The SMILES string of the molecule is O=c1c(NCc2ccc(Cl)cc2)c[nH]c2sc(CCCO)cc12. The van der Waals surface area contributed by atoms with E-state index in [-0.39, 0.29) is 12.0 Å². The number of hydrogen-bond acceptors (Lipinski definition) is 4. The van der Waals surface area contributed by atoms with E-state index in [2.05, 4.69) is 10.3 Å². The molecular weight excluding hydrogens is 332 g/mol. The summed E-state index contributed by atoms with van der Waals surface area (Å²) in [5.41, 5.74) is 1.61. The number of thiophene rings is 1. The number of rotatable bonds is 6. The summed E-state index contributed by atoms with van der Waals surface area (Å²) in [6.45, 7) is 0.726. The summed E-state index contributed by atoms with van der Waals surface area (Å²) in [6.07, 6.45) is 3.21. The average molecular weight is 349 g/mol. The normalized spacial score (nSPS) is 11.0. The number of hydrogen-bond donors (Lipinski definition) is 3. The number of pyridine rings is 1. The molecule has 1 aromatic carbocycles. The van der Waals surface area contributed by atoms with Gasteiger partial charge in [-0.15, -0.1) is 11.3 Å². The lowest BCUT2D eigenvalue weighted by atomic mass is 10.2. The third-order valence-corrected chi connectivity index (χ3v) is 4.98. The minimum Gasteiger partial charge on any atom is -0.396 e. The van der Waals surface area contributed by atoms with Crippen LogP contribution in [-0.4, -0.2) is 16.7 Å². The highest BCUT2D eigenvalue weighted by molar-refractivity contribution is 7.18. The van der Waals surface area contributed by atoms with Gasteiger partial charge in [0.15, 0.2) is 0 Å². The lowest BCUT2D eigenvalue weighted by molar-refractivity contribution is 0.289. The number of anilines is 1. The van der Waals surface area contributed by atoms with Crippen molar-refractivity contribution >= 4 is 38.8 Å². The number of aromatic nitrogens is 1. The van der Waals surface area contributed by atoms with Gasteiger partial charge in [0.25, 0.3) is 0 Å². The van der Waals surface area contributed by atoms with Gasteiger partial charge in [0, 0.05) is 29.2 Å². The standard InChI is InChI=1S/C17H17ClN2O2S/c18-12-5-3-11(4-6-12)9-19-15-10-20-17-14(16(15)22)8-13(23-17)2-1-7-21/h3-6,8,10,19,21H,1-2,7,9H2,(H,20,22). The highest BCUT2D eigenvalue weighted by atomic mass is 35.5. The molecule has 2 heterocycles. The Morgan fingerprint density at radius 2 is 2.04 bits per heavy atom. The second-order valence-corrected chi connectivity index (χ2v) is 6.87. The number of aryl methyl sites for hydroxylation is 1. The Hall–Kier alpha value is -1.82. The zero-order valence-electron chi connectivity index (χ0n) is 12.4. The molecule has 4 nitrogen and oxygen atoms in total. The number of aliphatic hydroxyl groups excluding tert-OH is 1. The molecule has 0 saturated carbocycles. The maximum atomic E-state index is 12.5. The van der Waals surface area contributed by atoms with Crippen molar-refractivity contribution in [2.24, 2.45) is 0 Å². The van der Waals surface area contributed by atoms with Crippen LogP contribution in [0.1, 0.15) is 16.9 Å². The minimum absolute atomic E-state index is 0.000730. The summed E-state index contributed by atoms with van der Waals surface area (Å²) in [4.78, 5) is 17.7. The molecule has 3 N–H and O–H groups in total. The minimum atomic E-state index is -0.000730. The fourth-order valence-corrected chi connectivity index (χ4v) is 3.56. The van der Waals surface area contributed by atoms with Gasteiger partial charge in [-0.05, 0) is 36.6 Å². The Bertz CT molecular complexity index is 855. The van der Waals surface area contributed by atoms with Gasteiger partial charge >= 0.3 is 0 Å². The van der Waals surface area contributed by atoms with Crippen molar-refractivity contribution in [1.29, 1.82) is 0 Å². The van der Waals surface area contributed by atoms with Crippen LogP contribution in [0.5, 0.6) is 0 Å². The van der Waals surface area contributed by atoms with Gasteiger partial charge < -0.3 is 15.4 Å². The number of H-pyrrole nitrogens is 1. The molecule has 0 spiro atoms. The van der Waals surface area contributed by atoms with E-state index < -0.39 is 0 Å². The predicted octanol–water partition coefficient (Wildman–Crippen LogP) is 3.78. The van der Waals surface area contributed by atoms with Gasteiger partial charge in [-0.25, -0.2) is 0 Å². The quantitative estimate of drug-likeness (QED) is 0.635. The molecule has 0 amide bonds. The Morgan fingerprint density at radius 3 is 2.78 bits per heavy atom. The van der Waals surface area contributed by atoms with Gasteiger partial charge in [0.2, 0.25) is 5.43 Å². The first-order valence-electron chi connectivity index (χ1n) is 7.40. The summed E-state index contributed by atoms with van der Waals surface area (Å²) < 4.78 is 0. The molecule has 0 unspecified atom stereocenters. The monoisotopic (exact) mass is 348 g/mol. The number of fused-ring (bicyclic) bond motifs is 1. The van der Waals surface area contributed by atoms with Gasteiger partial charge in [-0.3, -0.25) is 4.79 Å². The van der Waals surface area contributed by atoms with Crippen LogP contribution in [0.15, 0.2) is 41.3 Å². The maximum Gasteiger partial charge on any atom is 0.213 e. The molecule has 6 heteroatoms. The van der Waals surface area contributed by atoms with E-state index in [1.54, 1.807) is 17.5 Å². The first-order chi connectivity index (χ1) is 11.2. The van der Waals surface area contributed by atoms with Gasteiger partial charge in [0.1, 0.15) is 4.83 Å². The second kappa shape index (κ2) is 7.17. The predicted molar refractivity (Wildman–Crippen MR) is 96.6 cm³/mol. The second-order valence-electron chi connectivity index (χ2n) is 5.29. The molecule has 0 radical (unpaired) electrons. The molecule has 23 heavy (non-hydrogen) atoms. The van der Waals surface area contributed by atoms with Crippen LogP contribution < -0.4 is 10.7 Å². The third kappa shape index (κ3) is 3.75. The average Bonchev–Trinajstić information content (AvgIpc) is 2.98. The first kappa shape index (κ1) is 16.1. The first-order valence-corrected chi connectivity index (χ1v) is 8.60. The molecule has 3 aromatic rings. The lowest BCUT2D eigenvalue weighted by Crippen LogP contribution is -2.11. The number of benzene rings is 1. The Balaban J connectivity index is 1.79. The molecule has 2 aromatic heterocycles. The number of nitrogens with one attached hydrogen (secondary N) is 2. The van der Waals surface area contributed by atoms with E-state index in [1.165, 1.54) is 0 Å². The van der Waals surface area contributed by atoms with Crippen molar-refractivity contribution in [3.05, 3.63) is 62.2 Å². The number of aliphatic hydroxyl groups is 1. The Morgan fingerprint density at radius 1 is 1.26 bits per heavy atom. The van der Waals surface area contributed by atoms with E-state index in [4.69, 9.17) is 16.7 Å². The van der Waals surface area contributed by atoms with Crippen LogP contribution in [0.3, 0.4) is 0 Å². The molecule has 0 saturated heterocycles. The molecule has 0 aliphatic heterocycles. The lowest BCUT2D eigenvalue weighted by Gasteiger charge is -2.06. The van der Waals surface area contributed by atoms with Crippen LogP contribution >= 0.6 is 22.9 Å². The highest BCUT2D eigenvalue weighted by Crippen LogP contribution is 2.23. The third-order valence-electron chi connectivity index (χ3n) is 3.60. The molecule has 120 valence electrons. The molecule has 0 aliphatic rings. The van der Waals surface area contributed by atoms with E-state index in [0.29, 0.717) is 29.1 Å². The summed E-state index contributed by atoms with van der Waals surface area (Å²) >= 11 is 7.44. The van der Waals surface area contributed by atoms with E-state index in [0.717, 1.165) is 21.7 Å². The molecule has 0 bridgehead atoms. The van der Waals surface area contributed by atoms with E-state index in [1.807, 2.05) is 30.3 Å². The van der Waals surface area contributed by atoms with Crippen LogP contribution in [0.25, 0.3) is 10.2 Å². The Kier molecular flexibility index (Phi) is 5.00. The fourth-order valence-electron chi connectivity index (χ4n) is 2.37. The zero-order chi connectivity index (χ0) is 16.2. The fraction of sp³-hybridized carbons (Fsp3) is 0.235. The summed E-state index contributed by atoms with van der Waals surface area (Å²) in [5.74, 6) is 0. The van der Waals surface area contributed by atoms with Crippen molar-refractivity contribution in [2.75, 3.05) is 11.9 Å². The van der Waals surface area contributed by atoms with Gasteiger partial charge in [-0.1, -0.05) is 23.7 Å². The summed E-state index contributed by atoms with van der Waals surface area (Å²) in [5, 5.41) is 13.5. The zero-order valence-corrected chi connectivity index (χ0v) is 14.0. The van der Waals surface area contributed by atoms with Crippen LogP contribution in [-0.2, 0) is 13.0 Å². The molecular formula is C17H17ClN2O2S. The molecule has 0 fully saturated rings. The van der Waals surface area contributed by atoms with Gasteiger partial charge in [-0.2, -0.15) is 0 Å². The van der Waals surface area contributed by atoms with Crippen molar-refractivity contribution in [3.63, 3.8) is 0 Å². The van der Waals surface area contributed by atoms with Crippen LogP contribution in [0.2, 0.25) is 5.02 Å². The molecule has 0 aliphatic carbocycles. The van der Waals surface area contributed by atoms with Crippen LogP contribution in [0, 0.1) is 0 Å². The van der Waals surface area contributed by atoms with Gasteiger partial charge in [0.05, 0.1) is 11.1 Å². The molecule has 3 rings (SSSR count). The number of halogens is 1. The van der Waals surface area contributed by atoms with Crippen molar-refractivity contribution in [1.82, 2.24) is 4.98 Å².